The molecule has 0 aromatic heterocycles. The van der Waals surface area contributed by atoms with Crippen LogP contribution in [0.4, 0.5) is 11.4 Å². The number of aliphatic carboxylic acids is 1. The highest BCUT2D eigenvalue weighted by Gasteiger charge is 2.31. The SMILES string of the molecule is O=CC(CO)N(Sc1ccc2c(c1)OCCC2)c1ccc(N(CC(=O)O)S(=O)(=O)c2ccc3c(c2)CCCO3)c2ccccc12. The molecule has 2 N–H and O–H groups in total. The summed E-state index contributed by atoms with van der Waals surface area (Å²) in [5.41, 5.74) is 2.57. The van der Waals surface area contributed by atoms with Crippen molar-refractivity contribution in [3.05, 3.63) is 83.9 Å². The third kappa shape index (κ3) is 6.18. The smallest absolute Gasteiger partial charge is 0.324 e. The summed E-state index contributed by atoms with van der Waals surface area (Å²) in [6, 6.07) is 19.7. The number of rotatable bonds is 11. The van der Waals surface area contributed by atoms with Crippen LogP contribution in [-0.4, -0.2) is 63.3 Å². The van der Waals surface area contributed by atoms with Gasteiger partial charge < -0.3 is 24.5 Å². The van der Waals surface area contributed by atoms with Gasteiger partial charge in [0.15, 0.2) is 0 Å². The average molecular weight is 649 g/mol. The van der Waals surface area contributed by atoms with Crippen LogP contribution < -0.4 is 18.1 Å². The molecule has 234 valence electrons. The van der Waals surface area contributed by atoms with E-state index in [2.05, 4.69) is 0 Å². The van der Waals surface area contributed by atoms with Gasteiger partial charge in [-0.1, -0.05) is 30.3 Å². The minimum absolute atomic E-state index is 0.0331. The van der Waals surface area contributed by atoms with Gasteiger partial charge in [-0.05, 0) is 91.2 Å². The molecule has 1 atom stereocenters. The number of aliphatic hydroxyl groups excluding tert-OH is 1. The third-order valence-electron chi connectivity index (χ3n) is 7.87. The van der Waals surface area contributed by atoms with Gasteiger partial charge in [0.1, 0.15) is 30.4 Å². The summed E-state index contributed by atoms with van der Waals surface area (Å²) < 4.78 is 42.2. The first kappa shape index (κ1) is 30.8. The van der Waals surface area contributed by atoms with E-state index in [9.17, 15) is 28.2 Å². The molecule has 2 aliphatic rings. The molecule has 4 aromatic rings. The van der Waals surface area contributed by atoms with Gasteiger partial charge in [-0.25, -0.2) is 8.42 Å². The van der Waals surface area contributed by atoms with Crippen molar-refractivity contribution in [2.75, 3.05) is 35.0 Å². The first-order chi connectivity index (χ1) is 21.8. The Balaban J connectivity index is 1.45. The maximum atomic E-state index is 14.1. The number of hydrogen-bond acceptors (Lipinski definition) is 9. The molecule has 6 rings (SSSR count). The van der Waals surface area contributed by atoms with Crippen LogP contribution in [-0.2, 0) is 32.5 Å². The predicted octanol–water partition coefficient (Wildman–Crippen LogP) is 4.84. The fraction of sp³-hybridized carbons (Fsp3) is 0.273. The second-order valence-corrected chi connectivity index (χ2v) is 13.7. The maximum absolute atomic E-state index is 14.1. The zero-order chi connectivity index (χ0) is 31.6. The van der Waals surface area contributed by atoms with Crippen molar-refractivity contribution in [3.8, 4) is 11.5 Å². The lowest BCUT2D eigenvalue weighted by molar-refractivity contribution is -0.135. The topological polar surface area (TPSA) is 134 Å². The summed E-state index contributed by atoms with van der Waals surface area (Å²) in [6.07, 6.45) is 3.92. The first-order valence-corrected chi connectivity index (χ1v) is 16.8. The number of sulfonamides is 1. The van der Waals surface area contributed by atoms with Crippen molar-refractivity contribution in [2.45, 2.75) is 41.5 Å². The Labute approximate surface area is 265 Å². The van der Waals surface area contributed by atoms with Gasteiger partial charge in [-0.15, -0.1) is 0 Å². The molecule has 10 nitrogen and oxygen atoms in total. The number of nitrogens with zero attached hydrogens (tertiary/aromatic N) is 2. The lowest BCUT2D eigenvalue weighted by Gasteiger charge is -2.31. The molecule has 0 aliphatic carbocycles. The third-order valence-corrected chi connectivity index (χ3v) is 10.8. The largest absolute Gasteiger partial charge is 0.493 e. The van der Waals surface area contributed by atoms with Crippen molar-refractivity contribution < 1.29 is 37.7 Å². The Kier molecular flexibility index (Phi) is 8.88. The number of aliphatic hydroxyl groups is 1. The number of hydrogen-bond donors (Lipinski definition) is 2. The van der Waals surface area contributed by atoms with Gasteiger partial charge in [0.25, 0.3) is 10.0 Å². The summed E-state index contributed by atoms with van der Waals surface area (Å²) >= 11 is 1.25. The van der Waals surface area contributed by atoms with E-state index in [1.807, 2.05) is 18.2 Å². The summed E-state index contributed by atoms with van der Waals surface area (Å²) in [7, 11) is -4.32. The van der Waals surface area contributed by atoms with Crippen LogP contribution in [0.25, 0.3) is 10.8 Å². The van der Waals surface area contributed by atoms with Crippen LogP contribution >= 0.6 is 11.9 Å². The highest BCUT2D eigenvalue weighted by atomic mass is 32.2. The van der Waals surface area contributed by atoms with Crippen molar-refractivity contribution in [2.24, 2.45) is 0 Å². The predicted molar refractivity (Wildman–Crippen MR) is 172 cm³/mol. The molecule has 0 saturated heterocycles. The molecular formula is C33H32N2O8S2. The van der Waals surface area contributed by atoms with Crippen LogP contribution in [0.15, 0.2) is 82.6 Å². The lowest BCUT2D eigenvalue weighted by atomic mass is 10.1. The maximum Gasteiger partial charge on any atom is 0.324 e. The highest BCUT2D eigenvalue weighted by Crippen LogP contribution is 2.42. The number of carbonyl (C=O) groups is 2. The number of carboxylic acids is 1. The van der Waals surface area contributed by atoms with E-state index in [4.69, 9.17) is 9.47 Å². The van der Waals surface area contributed by atoms with E-state index in [0.717, 1.165) is 45.3 Å². The standard InChI is InChI=1S/C33H32N2O8S2/c36-20-24(21-37)35(44-25-10-9-22-5-3-16-43-32(22)18-25)30-13-12-29(27-7-1-2-8-28(27)30)34(19-33(38)39)45(40,41)26-11-14-31-23(17-26)6-4-15-42-31/h1-2,7-14,17-18,20,24,37H,3-6,15-16,19,21H2,(H,38,39). The number of aldehydes is 1. The van der Waals surface area contributed by atoms with Gasteiger partial charge in [-0.3, -0.25) is 13.4 Å². The van der Waals surface area contributed by atoms with Crippen molar-refractivity contribution in [1.29, 1.82) is 0 Å². The zero-order valence-corrected chi connectivity index (χ0v) is 25.9. The molecule has 2 heterocycles. The first-order valence-electron chi connectivity index (χ1n) is 14.6. The lowest BCUT2D eigenvalue weighted by Crippen LogP contribution is -2.36. The molecule has 0 radical (unpaired) electrons. The van der Waals surface area contributed by atoms with Crippen LogP contribution in [0.5, 0.6) is 11.5 Å². The number of benzene rings is 4. The number of aryl methyl sites for hydroxylation is 2. The van der Waals surface area contributed by atoms with Crippen LogP contribution in [0.3, 0.4) is 0 Å². The number of fused-ring (bicyclic) bond motifs is 3. The van der Waals surface area contributed by atoms with Crippen molar-refractivity contribution in [1.82, 2.24) is 0 Å². The number of carboxylic acid groups (broad SMARTS) is 1. The number of carbonyl (C=O) groups excluding carboxylic acids is 1. The van der Waals surface area contributed by atoms with E-state index in [1.165, 1.54) is 18.0 Å². The zero-order valence-electron chi connectivity index (χ0n) is 24.3. The van der Waals surface area contributed by atoms with E-state index >= 15 is 0 Å². The molecule has 4 aromatic carbocycles. The summed E-state index contributed by atoms with van der Waals surface area (Å²) in [5, 5.41) is 21.1. The molecule has 12 heteroatoms. The Bertz CT molecular complexity index is 1860. The van der Waals surface area contributed by atoms with Gasteiger partial charge >= 0.3 is 5.97 Å². The molecule has 0 bridgehead atoms. The highest BCUT2D eigenvalue weighted by molar-refractivity contribution is 8.00. The van der Waals surface area contributed by atoms with Crippen LogP contribution in [0.2, 0.25) is 0 Å². The van der Waals surface area contributed by atoms with Gasteiger partial charge in [0.2, 0.25) is 0 Å². The van der Waals surface area contributed by atoms with Gasteiger partial charge in [0, 0.05) is 15.7 Å². The Hall–Kier alpha value is -4.26. The molecular weight excluding hydrogens is 617 g/mol. The molecule has 0 spiro atoms. The summed E-state index contributed by atoms with van der Waals surface area (Å²) in [5.74, 6) is 0.0823. The monoisotopic (exact) mass is 648 g/mol. The molecule has 0 amide bonds. The second-order valence-electron chi connectivity index (χ2n) is 10.8. The molecule has 0 saturated carbocycles. The minimum Gasteiger partial charge on any atom is -0.493 e. The average Bonchev–Trinajstić information content (AvgIpc) is 3.06. The van der Waals surface area contributed by atoms with Gasteiger partial charge in [-0.2, -0.15) is 0 Å². The van der Waals surface area contributed by atoms with Crippen LogP contribution in [0.1, 0.15) is 24.0 Å². The van der Waals surface area contributed by atoms with Crippen molar-refractivity contribution in [3.63, 3.8) is 0 Å². The van der Waals surface area contributed by atoms with E-state index < -0.39 is 35.2 Å². The molecule has 45 heavy (non-hydrogen) atoms. The fourth-order valence-corrected chi connectivity index (χ4v) is 8.19. The molecule has 2 aliphatic heterocycles. The Morgan fingerprint density at radius 2 is 1.58 bits per heavy atom. The molecule has 0 fully saturated rings. The fourth-order valence-electron chi connectivity index (χ4n) is 5.68. The minimum atomic E-state index is -4.32. The van der Waals surface area contributed by atoms with Gasteiger partial charge in [0.05, 0.1) is 36.1 Å². The second kappa shape index (κ2) is 13.0. The van der Waals surface area contributed by atoms with E-state index in [0.29, 0.717) is 48.1 Å². The van der Waals surface area contributed by atoms with E-state index in [-0.39, 0.29) is 10.6 Å². The molecule has 1 unspecified atom stereocenters. The quantitative estimate of drug-likeness (QED) is 0.172. The Morgan fingerprint density at radius 3 is 2.29 bits per heavy atom. The van der Waals surface area contributed by atoms with E-state index in [1.54, 1.807) is 52.8 Å². The Morgan fingerprint density at radius 1 is 0.889 bits per heavy atom. The van der Waals surface area contributed by atoms with Crippen molar-refractivity contribution >= 4 is 56.4 Å². The number of anilines is 2. The normalized spacial score (nSPS) is 14.8. The summed E-state index contributed by atoms with van der Waals surface area (Å²) in [6.45, 7) is -0.0884. The summed E-state index contributed by atoms with van der Waals surface area (Å²) in [4.78, 5) is 25.0. The number of ether oxygens (including phenoxy) is 2. The van der Waals surface area contributed by atoms with Crippen LogP contribution in [0, 0.1) is 0 Å².